The molecule has 1 unspecified atom stereocenters. The molecule has 5 rings (SSSR count). The number of benzene rings is 4. The maximum absolute atomic E-state index is 12.2. The molecule has 1 saturated carbocycles. The lowest BCUT2D eigenvalue weighted by Gasteiger charge is -2.40. The standard InChI is InChI=1S/C30H33NO/c31-29(26-10-2-1-3-11-26)30(32,20-22-14-16-24-8-4-6-12-27(24)18-22)21-23-15-17-25-9-5-7-13-28(25)19-23/h4-9,12-19,26,29,32H,1-3,10-11,20-21,31H2. The van der Waals surface area contributed by atoms with Crippen molar-refractivity contribution >= 4 is 21.5 Å². The fourth-order valence-electron chi connectivity index (χ4n) is 5.63. The van der Waals surface area contributed by atoms with Crippen LogP contribution in [-0.4, -0.2) is 16.7 Å². The molecule has 32 heavy (non-hydrogen) atoms. The molecule has 0 amide bonds. The predicted octanol–water partition coefficient (Wildman–Crippen LogP) is 6.42. The van der Waals surface area contributed by atoms with Gasteiger partial charge < -0.3 is 10.8 Å². The molecule has 1 aliphatic rings. The molecule has 4 aromatic carbocycles. The van der Waals surface area contributed by atoms with E-state index in [1.54, 1.807) is 0 Å². The lowest BCUT2D eigenvalue weighted by molar-refractivity contribution is -0.0105. The Morgan fingerprint density at radius 2 is 1.16 bits per heavy atom. The molecule has 1 aliphatic carbocycles. The molecule has 3 N–H and O–H groups in total. The first-order valence-corrected chi connectivity index (χ1v) is 12.0. The molecule has 0 spiro atoms. The minimum Gasteiger partial charge on any atom is -0.388 e. The Bertz CT molecular complexity index is 1130. The summed E-state index contributed by atoms with van der Waals surface area (Å²) in [5.41, 5.74) is 8.22. The fraction of sp³-hybridized carbons (Fsp3) is 0.333. The molecule has 0 radical (unpaired) electrons. The van der Waals surface area contributed by atoms with Gasteiger partial charge in [0.05, 0.1) is 5.60 Å². The summed E-state index contributed by atoms with van der Waals surface area (Å²) >= 11 is 0. The van der Waals surface area contributed by atoms with Crippen LogP contribution in [0.15, 0.2) is 84.9 Å². The second-order valence-corrected chi connectivity index (χ2v) is 9.74. The van der Waals surface area contributed by atoms with Gasteiger partial charge in [-0.25, -0.2) is 0 Å². The average Bonchev–Trinajstić information content (AvgIpc) is 2.84. The molecule has 1 atom stereocenters. The van der Waals surface area contributed by atoms with E-state index in [0.717, 1.165) is 24.0 Å². The first kappa shape index (κ1) is 21.2. The maximum atomic E-state index is 12.2. The summed E-state index contributed by atoms with van der Waals surface area (Å²) in [6.45, 7) is 0. The van der Waals surface area contributed by atoms with E-state index in [-0.39, 0.29) is 6.04 Å². The monoisotopic (exact) mass is 423 g/mol. The third kappa shape index (κ3) is 4.44. The summed E-state index contributed by atoms with van der Waals surface area (Å²) < 4.78 is 0. The Kier molecular flexibility index (Phi) is 5.99. The molecule has 0 aliphatic heterocycles. The lowest BCUT2D eigenvalue weighted by atomic mass is 9.72. The summed E-state index contributed by atoms with van der Waals surface area (Å²) in [7, 11) is 0. The van der Waals surface area contributed by atoms with Crippen molar-refractivity contribution in [1.29, 1.82) is 0 Å². The number of aliphatic hydroxyl groups is 1. The molecule has 0 saturated heterocycles. The quantitative estimate of drug-likeness (QED) is 0.376. The van der Waals surface area contributed by atoms with Crippen LogP contribution in [0.5, 0.6) is 0 Å². The van der Waals surface area contributed by atoms with Gasteiger partial charge in [0.15, 0.2) is 0 Å². The minimum atomic E-state index is -0.979. The van der Waals surface area contributed by atoms with E-state index in [4.69, 9.17) is 5.73 Å². The van der Waals surface area contributed by atoms with E-state index in [1.165, 1.54) is 40.8 Å². The molecule has 0 bridgehead atoms. The van der Waals surface area contributed by atoms with Crippen molar-refractivity contribution < 1.29 is 5.11 Å². The van der Waals surface area contributed by atoms with E-state index in [2.05, 4.69) is 84.9 Å². The maximum Gasteiger partial charge on any atom is 0.0880 e. The normalized spacial score (nSPS) is 16.4. The molecular weight excluding hydrogens is 390 g/mol. The van der Waals surface area contributed by atoms with Crippen LogP contribution < -0.4 is 5.73 Å². The number of rotatable bonds is 6. The van der Waals surface area contributed by atoms with Crippen molar-refractivity contribution in [3.05, 3.63) is 96.1 Å². The highest BCUT2D eigenvalue weighted by atomic mass is 16.3. The van der Waals surface area contributed by atoms with E-state index < -0.39 is 5.60 Å². The highest BCUT2D eigenvalue weighted by Gasteiger charge is 2.39. The van der Waals surface area contributed by atoms with Gasteiger partial charge in [-0.2, -0.15) is 0 Å². The van der Waals surface area contributed by atoms with Gasteiger partial charge in [0.1, 0.15) is 0 Å². The van der Waals surface area contributed by atoms with Crippen LogP contribution in [0, 0.1) is 5.92 Å². The molecule has 2 heteroatoms. The first-order chi connectivity index (χ1) is 15.6. The molecule has 1 fully saturated rings. The van der Waals surface area contributed by atoms with Crippen LogP contribution in [0.2, 0.25) is 0 Å². The van der Waals surface area contributed by atoms with Crippen LogP contribution in [0.4, 0.5) is 0 Å². The summed E-state index contributed by atoms with van der Waals surface area (Å²) in [6, 6.07) is 29.6. The van der Waals surface area contributed by atoms with E-state index >= 15 is 0 Å². The molecule has 4 aromatic rings. The summed E-state index contributed by atoms with van der Waals surface area (Å²) in [4.78, 5) is 0. The van der Waals surface area contributed by atoms with Crippen molar-refractivity contribution in [3.63, 3.8) is 0 Å². The highest BCUT2D eigenvalue weighted by Crippen LogP contribution is 2.34. The summed E-state index contributed by atoms with van der Waals surface area (Å²) in [5, 5.41) is 17.0. The van der Waals surface area contributed by atoms with Crippen LogP contribution in [0.1, 0.15) is 43.2 Å². The number of nitrogens with two attached hydrogens (primary N) is 1. The van der Waals surface area contributed by atoms with Crippen molar-refractivity contribution in [2.45, 2.75) is 56.6 Å². The highest BCUT2D eigenvalue weighted by molar-refractivity contribution is 5.83. The van der Waals surface area contributed by atoms with Crippen molar-refractivity contribution in [2.75, 3.05) is 0 Å². The van der Waals surface area contributed by atoms with Gasteiger partial charge in [0.2, 0.25) is 0 Å². The van der Waals surface area contributed by atoms with Crippen molar-refractivity contribution in [1.82, 2.24) is 0 Å². The first-order valence-electron chi connectivity index (χ1n) is 12.0. The molecular formula is C30H33NO. The zero-order valence-electron chi connectivity index (χ0n) is 18.7. The van der Waals surface area contributed by atoms with Crippen molar-refractivity contribution in [3.8, 4) is 0 Å². The van der Waals surface area contributed by atoms with Gasteiger partial charge in [0, 0.05) is 18.9 Å². The predicted molar refractivity (Wildman–Crippen MR) is 135 cm³/mol. The Labute approximate surface area is 191 Å². The molecule has 0 heterocycles. The topological polar surface area (TPSA) is 46.2 Å². The Balaban J connectivity index is 1.49. The van der Waals surface area contributed by atoms with Gasteiger partial charge in [-0.05, 0) is 51.4 Å². The second-order valence-electron chi connectivity index (χ2n) is 9.74. The van der Waals surface area contributed by atoms with Gasteiger partial charge in [-0.3, -0.25) is 0 Å². The number of hydrogen-bond donors (Lipinski definition) is 2. The smallest absolute Gasteiger partial charge is 0.0880 e. The Hall–Kier alpha value is -2.68. The largest absolute Gasteiger partial charge is 0.388 e. The molecule has 2 nitrogen and oxygen atoms in total. The van der Waals surface area contributed by atoms with E-state index in [1.807, 2.05) is 0 Å². The van der Waals surface area contributed by atoms with Gasteiger partial charge >= 0.3 is 0 Å². The van der Waals surface area contributed by atoms with Crippen LogP contribution in [0.3, 0.4) is 0 Å². The summed E-state index contributed by atoms with van der Waals surface area (Å²) in [5.74, 6) is 0.384. The Morgan fingerprint density at radius 1 is 0.688 bits per heavy atom. The minimum absolute atomic E-state index is 0.235. The molecule has 0 aromatic heterocycles. The van der Waals surface area contributed by atoms with Crippen LogP contribution in [0.25, 0.3) is 21.5 Å². The van der Waals surface area contributed by atoms with E-state index in [0.29, 0.717) is 18.8 Å². The third-order valence-corrected chi connectivity index (χ3v) is 7.43. The fourth-order valence-corrected chi connectivity index (χ4v) is 5.63. The SMILES string of the molecule is NC(C1CCCCC1)C(O)(Cc1ccc2ccccc2c1)Cc1ccc2ccccc2c1. The van der Waals surface area contributed by atoms with Crippen LogP contribution in [-0.2, 0) is 12.8 Å². The second kappa shape index (κ2) is 9.05. The van der Waals surface area contributed by atoms with Gasteiger partial charge in [-0.1, -0.05) is 104 Å². The van der Waals surface area contributed by atoms with E-state index in [9.17, 15) is 5.11 Å². The van der Waals surface area contributed by atoms with Gasteiger partial charge in [-0.15, -0.1) is 0 Å². The summed E-state index contributed by atoms with van der Waals surface area (Å²) in [6.07, 6.45) is 7.13. The number of fused-ring (bicyclic) bond motifs is 2. The number of hydrogen-bond acceptors (Lipinski definition) is 2. The van der Waals surface area contributed by atoms with Gasteiger partial charge in [0.25, 0.3) is 0 Å². The zero-order valence-corrected chi connectivity index (χ0v) is 18.7. The molecule has 164 valence electrons. The average molecular weight is 424 g/mol. The van der Waals surface area contributed by atoms with Crippen LogP contribution >= 0.6 is 0 Å². The van der Waals surface area contributed by atoms with Crippen molar-refractivity contribution in [2.24, 2.45) is 11.7 Å². The lowest BCUT2D eigenvalue weighted by Crippen LogP contribution is -2.55. The Morgan fingerprint density at radius 3 is 1.66 bits per heavy atom. The zero-order chi connectivity index (χ0) is 22.0. The third-order valence-electron chi connectivity index (χ3n) is 7.43.